The Bertz CT molecular complexity index is 1010. The second-order valence-corrected chi connectivity index (χ2v) is 8.13. The number of hydrogen-bond donors (Lipinski definition) is 2. The van der Waals surface area contributed by atoms with Crippen LogP contribution in [0.1, 0.15) is 50.9 Å². The van der Waals surface area contributed by atoms with Crippen molar-refractivity contribution in [3.63, 3.8) is 0 Å². The summed E-state index contributed by atoms with van der Waals surface area (Å²) in [4.78, 5) is 26.3. The molecule has 3 heterocycles. The van der Waals surface area contributed by atoms with Crippen LogP contribution in [0.3, 0.4) is 0 Å². The number of carbonyl (C=O) groups excluding carboxylic acids is 2. The highest BCUT2D eigenvalue weighted by Crippen LogP contribution is 2.47. The molecule has 2 atom stereocenters. The maximum atomic E-state index is 12.7. The van der Waals surface area contributed by atoms with Gasteiger partial charge in [-0.2, -0.15) is 10.4 Å². The first-order valence-electron chi connectivity index (χ1n) is 10.8. The molecule has 0 aromatic carbocycles. The number of methoxy groups -OCH3 is 1. The maximum absolute atomic E-state index is 12.7. The third-order valence-corrected chi connectivity index (χ3v) is 5.86. The standard InChI is InChI=1S/C18H19BrN6O3.2C2H6/c1-28-14-8-24(17(27)18(9-20)2-3-18)7-12(14)23-15-11(16(21)26)5-22-25-6-10(19)4-13(15)25;2*1-2/h4-6,12,14,23H,2-3,7-8H2,1H3,(H2,21,26);2*1-2H3/t12-,14+;;/m1../s1. The molecular weight excluding hydrogens is 476 g/mol. The van der Waals surface area contributed by atoms with E-state index in [1.54, 1.807) is 22.7 Å². The van der Waals surface area contributed by atoms with E-state index in [-0.39, 0.29) is 23.6 Å². The molecule has 1 aliphatic carbocycles. The predicted molar refractivity (Wildman–Crippen MR) is 126 cm³/mol. The number of carbonyl (C=O) groups is 2. The quantitative estimate of drug-likeness (QED) is 0.640. The minimum Gasteiger partial charge on any atom is -0.377 e. The SMILES string of the molecule is CC.CC.CO[C@H]1CN(C(=O)C2(C#N)CC2)C[C@H]1Nc1c(C(N)=O)cnn2cc(Br)cc12. The number of nitrogens with two attached hydrogens (primary N) is 1. The van der Waals surface area contributed by atoms with Crippen LogP contribution in [0.2, 0.25) is 0 Å². The summed E-state index contributed by atoms with van der Waals surface area (Å²) in [6.45, 7) is 8.75. The molecule has 0 radical (unpaired) electrons. The summed E-state index contributed by atoms with van der Waals surface area (Å²) < 4.78 is 8.01. The molecule has 3 N–H and O–H groups in total. The van der Waals surface area contributed by atoms with Crippen LogP contribution in [-0.2, 0) is 9.53 Å². The number of nitrogens with zero attached hydrogens (tertiary/aromatic N) is 4. The van der Waals surface area contributed by atoms with Crippen molar-refractivity contribution in [3.8, 4) is 6.07 Å². The van der Waals surface area contributed by atoms with E-state index >= 15 is 0 Å². The lowest BCUT2D eigenvalue weighted by atomic mass is 10.1. The first kappa shape index (κ1) is 25.6. The molecule has 2 aromatic rings. The molecule has 2 aromatic heterocycles. The Labute approximate surface area is 197 Å². The summed E-state index contributed by atoms with van der Waals surface area (Å²) in [5, 5.41) is 16.9. The Morgan fingerprint density at radius 1 is 1.31 bits per heavy atom. The second kappa shape index (κ2) is 10.8. The van der Waals surface area contributed by atoms with Gasteiger partial charge in [0.05, 0.1) is 41.2 Å². The van der Waals surface area contributed by atoms with Gasteiger partial charge < -0.3 is 20.7 Å². The van der Waals surface area contributed by atoms with Gasteiger partial charge in [-0.1, -0.05) is 27.7 Å². The number of halogens is 1. The smallest absolute Gasteiger partial charge is 0.252 e. The number of rotatable bonds is 5. The molecule has 0 unspecified atom stereocenters. The number of ether oxygens (including phenoxy) is 1. The first-order valence-corrected chi connectivity index (χ1v) is 11.6. The van der Waals surface area contributed by atoms with Crippen molar-refractivity contribution in [2.75, 3.05) is 25.5 Å². The van der Waals surface area contributed by atoms with Gasteiger partial charge in [-0.3, -0.25) is 9.59 Å². The first-order chi connectivity index (χ1) is 15.4. The van der Waals surface area contributed by atoms with Gasteiger partial charge in [-0.05, 0) is 34.8 Å². The van der Waals surface area contributed by atoms with Gasteiger partial charge in [0.15, 0.2) is 0 Å². The zero-order chi connectivity index (χ0) is 24.1. The van der Waals surface area contributed by atoms with E-state index in [2.05, 4.69) is 32.4 Å². The molecule has 32 heavy (non-hydrogen) atoms. The van der Waals surface area contributed by atoms with Gasteiger partial charge in [0.1, 0.15) is 5.41 Å². The Hall–Kier alpha value is -2.64. The molecule has 1 saturated carbocycles. The Kier molecular flexibility index (Phi) is 8.64. The van der Waals surface area contributed by atoms with Crippen LogP contribution in [0.5, 0.6) is 0 Å². The summed E-state index contributed by atoms with van der Waals surface area (Å²) in [5.41, 5.74) is 6.14. The number of nitrogens with one attached hydrogen (secondary N) is 1. The minimum absolute atomic E-state index is 0.151. The molecule has 10 heteroatoms. The van der Waals surface area contributed by atoms with Gasteiger partial charge in [-0.25, -0.2) is 4.52 Å². The van der Waals surface area contributed by atoms with Gasteiger partial charge in [0, 0.05) is 30.9 Å². The van der Waals surface area contributed by atoms with Gasteiger partial charge in [0.25, 0.3) is 5.91 Å². The Morgan fingerprint density at radius 2 is 1.97 bits per heavy atom. The number of primary amides is 1. The van der Waals surface area contributed by atoms with Gasteiger partial charge >= 0.3 is 0 Å². The topological polar surface area (TPSA) is 126 Å². The van der Waals surface area contributed by atoms with E-state index in [1.165, 1.54) is 6.20 Å². The maximum Gasteiger partial charge on any atom is 0.252 e. The number of likely N-dealkylation sites (tertiary alicyclic amines) is 1. The average Bonchev–Trinajstić information content (AvgIpc) is 3.36. The van der Waals surface area contributed by atoms with Crippen molar-refractivity contribution in [3.05, 3.63) is 28.5 Å². The van der Waals surface area contributed by atoms with E-state index in [0.29, 0.717) is 37.1 Å². The van der Waals surface area contributed by atoms with Gasteiger partial charge in [-0.15, -0.1) is 0 Å². The van der Waals surface area contributed by atoms with Crippen molar-refractivity contribution in [1.29, 1.82) is 5.26 Å². The number of hydrogen-bond acceptors (Lipinski definition) is 6. The number of aromatic nitrogens is 2. The van der Waals surface area contributed by atoms with Crippen molar-refractivity contribution in [2.24, 2.45) is 11.1 Å². The minimum atomic E-state index is -0.873. The highest BCUT2D eigenvalue weighted by atomic mass is 79.9. The fourth-order valence-corrected chi connectivity index (χ4v) is 4.08. The summed E-state index contributed by atoms with van der Waals surface area (Å²) in [6, 6.07) is 3.71. The number of amides is 2. The molecule has 4 rings (SSSR count). The molecule has 174 valence electrons. The highest BCUT2D eigenvalue weighted by molar-refractivity contribution is 9.10. The molecule has 9 nitrogen and oxygen atoms in total. The van der Waals surface area contributed by atoms with E-state index in [1.807, 2.05) is 33.8 Å². The van der Waals surface area contributed by atoms with Crippen LogP contribution in [-0.4, -0.2) is 58.7 Å². The lowest BCUT2D eigenvalue weighted by Crippen LogP contribution is -2.37. The second-order valence-electron chi connectivity index (χ2n) is 7.21. The molecule has 1 saturated heterocycles. The zero-order valence-electron chi connectivity index (χ0n) is 19.2. The molecule has 2 aliphatic rings. The lowest BCUT2D eigenvalue weighted by molar-refractivity contribution is -0.134. The Morgan fingerprint density at radius 3 is 2.50 bits per heavy atom. The van der Waals surface area contributed by atoms with Gasteiger partial charge in [0.2, 0.25) is 5.91 Å². The zero-order valence-corrected chi connectivity index (χ0v) is 20.8. The monoisotopic (exact) mass is 506 g/mol. The van der Waals surface area contributed by atoms with Crippen molar-refractivity contribution < 1.29 is 14.3 Å². The predicted octanol–water partition coefficient (Wildman–Crippen LogP) is 3.19. The van der Waals surface area contributed by atoms with E-state index < -0.39 is 11.3 Å². The summed E-state index contributed by atoms with van der Waals surface area (Å²) in [5.74, 6) is -0.752. The Balaban J connectivity index is 0.000000860. The van der Waals surface area contributed by atoms with Crippen LogP contribution in [0.4, 0.5) is 5.69 Å². The largest absolute Gasteiger partial charge is 0.377 e. The summed E-state index contributed by atoms with van der Waals surface area (Å²) in [7, 11) is 1.58. The number of nitriles is 1. The normalized spacial score (nSPS) is 20.3. The fraction of sp³-hybridized carbons (Fsp3) is 0.545. The van der Waals surface area contributed by atoms with Crippen LogP contribution < -0.4 is 11.1 Å². The molecule has 0 spiro atoms. The average molecular weight is 507 g/mol. The van der Waals surface area contributed by atoms with Crippen LogP contribution in [0.25, 0.3) is 5.52 Å². The van der Waals surface area contributed by atoms with Crippen LogP contribution in [0.15, 0.2) is 22.9 Å². The molecule has 2 amide bonds. The van der Waals surface area contributed by atoms with Crippen molar-refractivity contribution in [2.45, 2.75) is 52.7 Å². The fourth-order valence-electron chi connectivity index (χ4n) is 3.67. The van der Waals surface area contributed by atoms with Crippen LogP contribution in [0, 0.1) is 16.7 Å². The third kappa shape index (κ3) is 4.89. The van der Waals surface area contributed by atoms with E-state index in [9.17, 15) is 14.9 Å². The van der Waals surface area contributed by atoms with E-state index in [4.69, 9.17) is 10.5 Å². The van der Waals surface area contributed by atoms with Crippen molar-refractivity contribution in [1.82, 2.24) is 14.5 Å². The molecule has 1 aliphatic heterocycles. The molecule has 2 fully saturated rings. The van der Waals surface area contributed by atoms with E-state index in [0.717, 1.165) is 4.47 Å². The third-order valence-electron chi connectivity index (χ3n) is 5.43. The summed E-state index contributed by atoms with van der Waals surface area (Å²) >= 11 is 3.41. The lowest BCUT2D eigenvalue weighted by Gasteiger charge is -2.21. The summed E-state index contributed by atoms with van der Waals surface area (Å²) in [6.07, 6.45) is 4.10. The number of fused-ring (bicyclic) bond motifs is 1. The molecule has 0 bridgehead atoms. The van der Waals surface area contributed by atoms with Crippen molar-refractivity contribution >= 4 is 38.9 Å². The molecular formula is C22H31BrN6O3. The van der Waals surface area contributed by atoms with Crippen LogP contribution >= 0.6 is 15.9 Å². The highest BCUT2D eigenvalue weighted by Gasteiger charge is 2.54. The number of anilines is 1.